The molecule has 4 atom stereocenters. The molecule has 0 spiro atoms. The van der Waals surface area contributed by atoms with E-state index in [0.717, 1.165) is 35.4 Å². The van der Waals surface area contributed by atoms with Gasteiger partial charge >= 0.3 is 12.5 Å². The van der Waals surface area contributed by atoms with Gasteiger partial charge in [0, 0.05) is 0 Å². The van der Waals surface area contributed by atoms with Crippen molar-refractivity contribution in [3.8, 4) is 16.9 Å². The highest BCUT2D eigenvalue weighted by Crippen LogP contribution is 2.48. The van der Waals surface area contributed by atoms with Gasteiger partial charge in [0.05, 0.1) is 0 Å². The maximum Gasteiger partial charge on any atom is 0.461 e. The summed E-state index contributed by atoms with van der Waals surface area (Å²) in [5, 5.41) is 0. The van der Waals surface area contributed by atoms with Crippen LogP contribution in [0.25, 0.3) is 11.1 Å². The summed E-state index contributed by atoms with van der Waals surface area (Å²) in [5.41, 5.74) is 2.49. The van der Waals surface area contributed by atoms with Crippen molar-refractivity contribution in [3.63, 3.8) is 0 Å². The number of hydrogen-bond donors (Lipinski definition) is 0. The Labute approximate surface area is 192 Å². The fourth-order valence-electron chi connectivity index (χ4n) is 5.86. The fraction of sp³-hybridized carbons (Fsp3) is 0.556. The molecule has 2 aromatic rings. The van der Waals surface area contributed by atoms with Crippen molar-refractivity contribution in [2.24, 2.45) is 17.8 Å². The van der Waals surface area contributed by atoms with Crippen LogP contribution in [0.1, 0.15) is 69.8 Å². The second-order valence-corrected chi connectivity index (χ2v) is 9.73. The van der Waals surface area contributed by atoms with E-state index in [4.69, 9.17) is 0 Å². The van der Waals surface area contributed by atoms with Gasteiger partial charge in [-0.2, -0.15) is 17.6 Å². The van der Waals surface area contributed by atoms with Crippen LogP contribution in [-0.2, 0) is 0 Å². The van der Waals surface area contributed by atoms with Gasteiger partial charge in [0.1, 0.15) is 0 Å². The Bertz CT molecular complexity index is 927. The van der Waals surface area contributed by atoms with Crippen LogP contribution in [0.2, 0.25) is 0 Å². The molecule has 2 saturated carbocycles. The molecule has 2 aliphatic rings. The van der Waals surface area contributed by atoms with E-state index >= 15 is 0 Å². The number of halogens is 5. The Morgan fingerprint density at radius 2 is 1.58 bits per heavy atom. The maximum atomic E-state index is 14.2. The van der Waals surface area contributed by atoms with Crippen LogP contribution in [0.4, 0.5) is 22.0 Å². The maximum absolute atomic E-state index is 14.2. The largest absolute Gasteiger partial charge is 0.461 e. The molecule has 0 bridgehead atoms. The summed E-state index contributed by atoms with van der Waals surface area (Å²) in [7, 11) is 0. The lowest BCUT2D eigenvalue weighted by atomic mass is 9.63. The molecule has 33 heavy (non-hydrogen) atoms. The van der Waals surface area contributed by atoms with E-state index in [1.807, 2.05) is 12.1 Å². The minimum absolute atomic E-state index is 0.477. The first-order valence-electron chi connectivity index (χ1n) is 12.0. The van der Waals surface area contributed by atoms with Crippen molar-refractivity contribution in [3.05, 3.63) is 53.8 Å². The van der Waals surface area contributed by atoms with Crippen molar-refractivity contribution in [2.45, 2.75) is 76.7 Å². The summed E-state index contributed by atoms with van der Waals surface area (Å²) in [6.07, 6.45) is 1.64. The molecule has 0 amide bonds. The average Bonchev–Trinajstić information content (AvgIpc) is 2.80. The number of alkyl halides is 4. The van der Waals surface area contributed by atoms with E-state index in [-0.39, 0.29) is 0 Å². The van der Waals surface area contributed by atoms with Crippen LogP contribution < -0.4 is 4.74 Å². The van der Waals surface area contributed by atoms with Gasteiger partial charge in [-0.05, 0) is 84.6 Å². The Kier molecular flexibility index (Phi) is 7.30. The van der Waals surface area contributed by atoms with Crippen LogP contribution in [0.15, 0.2) is 42.5 Å². The van der Waals surface area contributed by atoms with Crippen LogP contribution in [0.5, 0.6) is 5.75 Å². The van der Waals surface area contributed by atoms with E-state index in [0.29, 0.717) is 11.5 Å². The summed E-state index contributed by atoms with van der Waals surface area (Å²) in [5.74, 6) is 1.12. The number of rotatable bonds is 7. The fourth-order valence-corrected chi connectivity index (χ4v) is 5.86. The molecule has 0 N–H and O–H groups in total. The van der Waals surface area contributed by atoms with Gasteiger partial charge in [-0.25, -0.2) is 4.39 Å². The van der Waals surface area contributed by atoms with Gasteiger partial charge in [0.2, 0.25) is 0 Å². The van der Waals surface area contributed by atoms with Crippen LogP contribution >= 0.6 is 0 Å². The summed E-state index contributed by atoms with van der Waals surface area (Å²) >= 11 is 0. The Hall–Kier alpha value is -2.11. The summed E-state index contributed by atoms with van der Waals surface area (Å²) in [4.78, 5) is 0. The highest BCUT2D eigenvalue weighted by atomic mass is 19.3. The molecule has 0 aromatic heterocycles. The van der Waals surface area contributed by atoms with E-state index in [1.165, 1.54) is 63.0 Å². The molecule has 6 heteroatoms. The highest BCUT2D eigenvalue weighted by Gasteiger charge is 2.44. The van der Waals surface area contributed by atoms with Crippen LogP contribution in [0, 0.1) is 23.6 Å². The lowest BCUT2D eigenvalue weighted by molar-refractivity contribution is -0.254. The SMILES string of the molecule is CCCC1CC[C@@H]2C[C@H](c3ccc(-c4ccc(OC(F)(F)C(F)F)c(F)c4)cc3)CC[C@@H]2C1. The molecular weight excluding hydrogens is 435 g/mol. The van der Waals surface area contributed by atoms with E-state index < -0.39 is 24.1 Å². The first kappa shape index (κ1) is 24.0. The predicted molar refractivity (Wildman–Crippen MR) is 119 cm³/mol. The van der Waals surface area contributed by atoms with Gasteiger partial charge in [-0.3, -0.25) is 0 Å². The van der Waals surface area contributed by atoms with E-state index in [2.05, 4.69) is 23.8 Å². The molecule has 0 radical (unpaired) electrons. The van der Waals surface area contributed by atoms with Gasteiger partial charge in [0.25, 0.3) is 0 Å². The van der Waals surface area contributed by atoms with Crippen LogP contribution in [-0.4, -0.2) is 12.5 Å². The lowest BCUT2D eigenvalue weighted by Crippen LogP contribution is -2.33. The predicted octanol–water partition coefficient (Wildman–Crippen LogP) is 8.83. The third kappa shape index (κ3) is 5.52. The molecule has 180 valence electrons. The number of ether oxygens (including phenoxy) is 1. The molecule has 2 fully saturated rings. The summed E-state index contributed by atoms with van der Waals surface area (Å²) < 4.78 is 68.9. The van der Waals surface area contributed by atoms with Gasteiger partial charge in [0.15, 0.2) is 11.6 Å². The third-order valence-corrected chi connectivity index (χ3v) is 7.57. The van der Waals surface area contributed by atoms with E-state index in [1.54, 1.807) is 0 Å². The normalized spacial score (nSPS) is 25.7. The first-order chi connectivity index (χ1) is 15.8. The molecular formula is C27H31F5O. The van der Waals surface area contributed by atoms with E-state index in [9.17, 15) is 22.0 Å². The molecule has 2 aliphatic carbocycles. The lowest BCUT2D eigenvalue weighted by Gasteiger charge is -2.42. The summed E-state index contributed by atoms with van der Waals surface area (Å²) in [6, 6.07) is 11.3. The van der Waals surface area contributed by atoms with Crippen molar-refractivity contribution >= 4 is 0 Å². The van der Waals surface area contributed by atoms with Gasteiger partial charge in [-0.15, -0.1) is 0 Å². The molecule has 0 heterocycles. The first-order valence-corrected chi connectivity index (χ1v) is 12.0. The minimum Gasteiger partial charge on any atom is -0.425 e. The topological polar surface area (TPSA) is 9.23 Å². The minimum atomic E-state index is -4.74. The standard InChI is InChI=1S/C27H31F5O/c1-2-3-17-4-5-22-15-21(11-10-20(22)14-17)18-6-8-19(9-7-18)23-12-13-25(24(28)16-23)33-27(31,32)26(29)30/h6-9,12-13,16-17,20-22,26H,2-5,10-11,14-15H2,1H3/t17?,20-,21-,22-/m1/s1. The molecule has 0 aliphatic heterocycles. The van der Waals surface area contributed by atoms with Crippen molar-refractivity contribution in [2.75, 3.05) is 0 Å². The van der Waals surface area contributed by atoms with Crippen molar-refractivity contribution < 1.29 is 26.7 Å². The van der Waals surface area contributed by atoms with Crippen molar-refractivity contribution in [1.82, 2.24) is 0 Å². The molecule has 0 saturated heterocycles. The zero-order valence-electron chi connectivity index (χ0n) is 18.9. The number of fused-ring (bicyclic) bond motifs is 1. The zero-order valence-corrected chi connectivity index (χ0v) is 18.9. The molecule has 1 unspecified atom stereocenters. The second-order valence-electron chi connectivity index (χ2n) is 9.73. The molecule has 1 nitrogen and oxygen atoms in total. The quantitative estimate of drug-likeness (QED) is 0.370. The third-order valence-electron chi connectivity index (χ3n) is 7.57. The summed E-state index contributed by atoms with van der Waals surface area (Å²) in [6.45, 7) is 2.27. The molecule has 2 aromatic carbocycles. The zero-order chi connectivity index (χ0) is 23.6. The van der Waals surface area contributed by atoms with Gasteiger partial charge in [-0.1, -0.05) is 56.5 Å². The average molecular weight is 467 g/mol. The van der Waals surface area contributed by atoms with Crippen LogP contribution in [0.3, 0.4) is 0 Å². The Morgan fingerprint density at radius 1 is 0.909 bits per heavy atom. The van der Waals surface area contributed by atoms with Gasteiger partial charge < -0.3 is 4.74 Å². The number of hydrogen-bond acceptors (Lipinski definition) is 1. The van der Waals surface area contributed by atoms with Crippen molar-refractivity contribution in [1.29, 1.82) is 0 Å². The number of benzene rings is 2. The Morgan fingerprint density at radius 3 is 2.24 bits per heavy atom. The highest BCUT2D eigenvalue weighted by molar-refractivity contribution is 5.64. The Balaban J connectivity index is 1.40. The second kappa shape index (κ2) is 10.0. The smallest absolute Gasteiger partial charge is 0.425 e. The monoisotopic (exact) mass is 466 g/mol. The molecule has 4 rings (SSSR count).